The van der Waals surface area contributed by atoms with E-state index in [1.807, 2.05) is 0 Å². The van der Waals surface area contributed by atoms with Gasteiger partial charge in [-0.2, -0.15) is 0 Å². The van der Waals surface area contributed by atoms with Crippen LogP contribution >= 0.6 is 12.4 Å². The van der Waals surface area contributed by atoms with Crippen molar-refractivity contribution in [3.8, 4) is 0 Å². The Morgan fingerprint density at radius 3 is 1.70 bits per heavy atom. The number of hydrogen-bond donors (Lipinski definition) is 0. The molecule has 0 N–H and O–H groups in total. The minimum absolute atomic E-state index is 0. The Labute approximate surface area is 70.6 Å². The molecule has 0 radical (unpaired) electrons. The fraction of sp³-hybridized carbons (Fsp3) is 1.00. The average Bonchev–Trinajstić information content (AvgIpc) is 1.82. The Morgan fingerprint density at radius 1 is 1.10 bits per heavy atom. The van der Waals surface area contributed by atoms with E-state index in [0.717, 1.165) is 6.54 Å². The van der Waals surface area contributed by atoms with Crippen LogP contribution in [0.15, 0.2) is 0 Å². The molecule has 0 aliphatic carbocycles. The molecule has 0 heterocycles. The van der Waals surface area contributed by atoms with Gasteiger partial charge in [0.25, 0.3) is 0 Å². The Bertz CT molecular complexity index is 66.6. The zero-order chi connectivity index (χ0) is 7.28. The van der Waals surface area contributed by atoms with E-state index >= 15 is 0 Å². The second-order valence-corrected chi connectivity index (χ2v) is 2.39. The van der Waals surface area contributed by atoms with Crippen LogP contribution in [0.2, 0.25) is 0 Å². The summed E-state index contributed by atoms with van der Waals surface area (Å²) in [4.78, 5) is 0. The number of rotatable bonds is 4. The second-order valence-electron chi connectivity index (χ2n) is 2.39. The molecule has 10 heavy (non-hydrogen) atoms. The summed E-state index contributed by atoms with van der Waals surface area (Å²) in [5, 5.41) is 4.45. The molecular weight excluding hydrogens is 148 g/mol. The van der Waals surface area contributed by atoms with Crippen LogP contribution in [0, 0.1) is 0 Å². The van der Waals surface area contributed by atoms with Gasteiger partial charge in [0.1, 0.15) is 0 Å². The van der Waals surface area contributed by atoms with E-state index in [-0.39, 0.29) is 12.4 Å². The lowest BCUT2D eigenvalue weighted by molar-refractivity contribution is 0.0313. The Morgan fingerprint density at radius 2 is 1.60 bits per heavy atom. The normalized spacial score (nSPS) is 10.2. The lowest BCUT2D eigenvalue weighted by Crippen LogP contribution is -2.37. The topological polar surface area (TPSA) is 6.48 Å². The zero-order valence-corrected chi connectivity index (χ0v) is 8.24. The Hall–Kier alpha value is 0.210. The van der Waals surface area contributed by atoms with Gasteiger partial charge in [0, 0.05) is 27.2 Å². The standard InChI is InChI=1S/C7H18N2.ClH/c1-5-7-9(6-2)8(3)4;/h5-7H2,1-4H3;1H. The number of hydrazine groups is 1. The van der Waals surface area contributed by atoms with Crippen molar-refractivity contribution < 1.29 is 0 Å². The monoisotopic (exact) mass is 166 g/mol. The molecule has 0 unspecified atom stereocenters. The van der Waals surface area contributed by atoms with Gasteiger partial charge in [-0.1, -0.05) is 13.8 Å². The van der Waals surface area contributed by atoms with Crippen LogP contribution in [0.5, 0.6) is 0 Å². The molecule has 0 aromatic heterocycles. The minimum atomic E-state index is 0. The van der Waals surface area contributed by atoms with Crippen molar-refractivity contribution in [1.82, 2.24) is 10.0 Å². The number of hydrogen-bond acceptors (Lipinski definition) is 2. The average molecular weight is 167 g/mol. The maximum absolute atomic E-state index is 2.31. The van der Waals surface area contributed by atoms with E-state index in [9.17, 15) is 0 Å². The first-order valence-corrected chi connectivity index (χ1v) is 3.64. The summed E-state index contributed by atoms with van der Waals surface area (Å²) in [5.41, 5.74) is 0. The predicted molar refractivity (Wildman–Crippen MR) is 48.5 cm³/mol. The fourth-order valence-corrected chi connectivity index (χ4v) is 0.899. The highest BCUT2D eigenvalue weighted by Crippen LogP contribution is 1.91. The van der Waals surface area contributed by atoms with Crippen LogP contribution in [0.3, 0.4) is 0 Å². The Kier molecular flexibility index (Phi) is 9.40. The number of halogens is 1. The van der Waals surface area contributed by atoms with E-state index in [1.165, 1.54) is 13.0 Å². The van der Waals surface area contributed by atoms with E-state index in [0.29, 0.717) is 0 Å². The number of nitrogens with zero attached hydrogens (tertiary/aromatic N) is 2. The van der Waals surface area contributed by atoms with Gasteiger partial charge in [-0.05, 0) is 6.42 Å². The Balaban J connectivity index is 0. The van der Waals surface area contributed by atoms with Crippen molar-refractivity contribution >= 4 is 12.4 Å². The lowest BCUT2D eigenvalue weighted by Gasteiger charge is -2.26. The fourth-order valence-electron chi connectivity index (χ4n) is 0.899. The molecule has 0 aromatic rings. The lowest BCUT2D eigenvalue weighted by atomic mass is 10.4. The summed E-state index contributed by atoms with van der Waals surface area (Å²) < 4.78 is 0. The summed E-state index contributed by atoms with van der Waals surface area (Å²) in [7, 11) is 4.16. The third kappa shape index (κ3) is 5.03. The van der Waals surface area contributed by atoms with Crippen LogP contribution in [0.25, 0.3) is 0 Å². The summed E-state index contributed by atoms with van der Waals surface area (Å²) in [6.45, 7) is 6.66. The predicted octanol–water partition coefficient (Wildman–Crippen LogP) is 1.62. The van der Waals surface area contributed by atoms with Crippen molar-refractivity contribution in [2.75, 3.05) is 27.2 Å². The van der Waals surface area contributed by atoms with Crippen molar-refractivity contribution in [3.63, 3.8) is 0 Å². The zero-order valence-electron chi connectivity index (χ0n) is 7.42. The molecule has 0 saturated carbocycles. The highest BCUT2D eigenvalue weighted by molar-refractivity contribution is 5.85. The highest BCUT2D eigenvalue weighted by atomic mass is 35.5. The maximum atomic E-state index is 2.31. The molecule has 0 spiro atoms. The van der Waals surface area contributed by atoms with Crippen molar-refractivity contribution in [3.05, 3.63) is 0 Å². The van der Waals surface area contributed by atoms with Crippen molar-refractivity contribution in [2.24, 2.45) is 0 Å². The molecular formula is C7H19ClN2. The van der Waals surface area contributed by atoms with Gasteiger partial charge >= 0.3 is 0 Å². The first kappa shape index (κ1) is 12.8. The van der Waals surface area contributed by atoms with Crippen molar-refractivity contribution in [2.45, 2.75) is 20.3 Å². The smallest absolute Gasteiger partial charge is 0.0130 e. The van der Waals surface area contributed by atoms with Crippen LogP contribution in [-0.4, -0.2) is 37.2 Å². The molecule has 0 saturated heterocycles. The van der Waals surface area contributed by atoms with Gasteiger partial charge in [0.15, 0.2) is 0 Å². The molecule has 0 rings (SSSR count). The molecule has 0 atom stereocenters. The van der Waals surface area contributed by atoms with Crippen LogP contribution in [0.4, 0.5) is 0 Å². The minimum Gasteiger partial charge on any atom is -0.248 e. The second kappa shape index (κ2) is 7.32. The molecule has 0 aliphatic heterocycles. The van der Waals surface area contributed by atoms with Crippen LogP contribution < -0.4 is 0 Å². The first-order valence-electron chi connectivity index (χ1n) is 3.64. The van der Waals surface area contributed by atoms with E-state index < -0.39 is 0 Å². The third-order valence-corrected chi connectivity index (χ3v) is 1.41. The molecule has 3 heteroatoms. The maximum Gasteiger partial charge on any atom is 0.0130 e. The van der Waals surface area contributed by atoms with E-state index in [4.69, 9.17) is 0 Å². The van der Waals surface area contributed by atoms with Crippen LogP contribution in [0.1, 0.15) is 20.3 Å². The van der Waals surface area contributed by atoms with Gasteiger partial charge in [-0.3, -0.25) is 0 Å². The van der Waals surface area contributed by atoms with Gasteiger partial charge in [-0.15, -0.1) is 12.4 Å². The summed E-state index contributed by atoms with van der Waals surface area (Å²) in [6.07, 6.45) is 1.23. The largest absolute Gasteiger partial charge is 0.248 e. The molecule has 0 fully saturated rings. The SMILES string of the molecule is CCCN(CC)N(C)C.Cl. The van der Waals surface area contributed by atoms with Gasteiger partial charge < -0.3 is 0 Å². The molecule has 0 aliphatic rings. The molecule has 0 amide bonds. The van der Waals surface area contributed by atoms with E-state index in [1.54, 1.807) is 0 Å². The van der Waals surface area contributed by atoms with Crippen LogP contribution in [-0.2, 0) is 0 Å². The van der Waals surface area contributed by atoms with Crippen molar-refractivity contribution in [1.29, 1.82) is 0 Å². The van der Waals surface area contributed by atoms with Gasteiger partial charge in [0.2, 0.25) is 0 Å². The quantitative estimate of drug-likeness (QED) is 0.586. The third-order valence-electron chi connectivity index (χ3n) is 1.41. The van der Waals surface area contributed by atoms with E-state index in [2.05, 4.69) is 38.0 Å². The first-order chi connectivity index (χ1) is 4.22. The summed E-state index contributed by atoms with van der Waals surface area (Å²) in [6, 6.07) is 0. The summed E-state index contributed by atoms with van der Waals surface area (Å²) in [5.74, 6) is 0. The summed E-state index contributed by atoms with van der Waals surface area (Å²) >= 11 is 0. The molecule has 2 nitrogen and oxygen atoms in total. The molecule has 64 valence electrons. The van der Waals surface area contributed by atoms with Gasteiger partial charge in [0.05, 0.1) is 0 Å². The molecule has 0 bridgehead atoms. The highest BCUT2D eigenvalue weighted by Gasteiger charge is 2.00. The molecule has 0 aromatic carbocycles. The van der Waals surface area contributed by atoms with Gasteiger partial charge in [-0.25, -0.2) is 10.0 Å².